The first kappa shape index (κ1) is 19.3. The lowest BCUT2D eigenvalue weighted by atomic mass is 9.87. The Morgan fingerprint density at radius 2 is 2.11 bits per heavy atom. The van der Waals surface area contributed by atoms with Gasteiger partial charge in [-0.3, -0.25) is 14.9 Å². The molecule has 8 heteroatoms. The molecule has 0 bridgehead atoms. The van der Waals surface area contributed by atoms with E-state index in [1.165, 1.54) is 30.7 Å². The van der Waals surface area contributed by atoms with E-state index in [4.69, 9.17) is 9.15 Å². The third kappa shape index (κ3) is 4.64. The second-order valence-electron chi connectivity index (χ2n) is 6.50. The summed E-state index contributed by atoms with van der Waals surface area (Å²) in [5.74, 6) is -1.41. The minimum atomic E-state index is -0.975. The van der Waals surface area contributed by atoms with Gasteiger partial charge in [0.15, 0.2) is 6.10 Å². The largest absolute Gasteiger partial charge is 0.449 e. The van der Waals surface area contributed by atoms with Gasteiger partial charge in [0, 0.05) is 6.08 Å². The van der Waals surface area contributed by atoms with Crippen molar-refractivity contribution in [2.24, 2.45) is 0 Å². The van der Waals surface area contributed by atoms with Crippen LogP contribution in [-0.2, 0) is 20.7 Å². The second-order valence-corrected chi connectivity index (χ2v) is 6.50. The monoisotopic (exact) mass is 384 g/mol. The van der Waals surface area contributed by atoms with Crippen LogP contribution in [-0.4, -0.2) is 22.9 Å². The van der Waals surface area contributed by atoms with Crippen molar-refractivity contribution in [1.29, 1.82) is 0 Å². The van der Waals surface area contributed by atoms with Crippen molar-refractivity contribution < 1.29 is 23.7 Å². The average molecular weight is 384 g/mol. The summed E-state index contributed by atoms with van der Waals surface area (Å²) in [5.41, 5.74) is 2.32. The van der Waals surface area contributed by atoms with E-state index < -0.39 is 22.9 Å². The smallest absolute Gasteiger partial charge is 0.433 e. The molecule has 3 rings (SSSR count). The number of carbonyl (C=O) groups is 2. The number of hydrogen-bond donors (Lipinski definition) is 1. The van der Waals surface area contributed by atoms with E-state index in [0.29, 0.717) is 0 Å². The Kier molecular flexibility index (Phi) is 5.88. The molecule has 0 saturated heterocycles. The zero-order valence-corrected chi connectivity index (χ0v) is 15.3. The summed E-state index contributed by atoms with van der Waals surface area (Å²) < 4.78 is 10.0. The first-order valence-corrected chi connectivity index (χ1v) is 8.95. The molecule has 1 aliphatic rings. The van der Waals surface area contributed by atoms with Crippen molar-refractivity contribution in [2.45, 2.75) is 38.3 Å². The van der Waals surface area contributed by atoms with E-state index in [-0.39, 0.29) is 17.7 Å². The number of aryl methyl sites for hydroxylation is 1. The number of fused-ring (bicyclic) bond motifs is 1. The molecule has 0 radical (unpaired) electrons. The molecule has 2 aromatic rings. The molecule has 1 aromatic heterocycles. The Labute approximate surface area is 161 Å². The molecule has 0 spiro atoms. The summed E-state index contributed by atoms with van der Waals surface area (Å²) in [6, 6.07) is 10.4. The van der Waals surface area contributed by atoms with Crippen LogP contribution in [0.5, 0.6) is 0 Å². The molecule has 1 aromatic carbocycles. The standard InChI is InChI=1S/C20H20N2O6/c1-13(27-19(23)12-10-15-9-11-18(28-15)22(25)26)20(24)21-17-8-4-6-14-5-2-3-7-16(14)17/h2-3,5,7,9-13,17H,4,6,8H2,1H3,(H,21,24)/b12-10+/t13-,17-/m0/s1. The summed E-state index contributed by atoms with van der Waals surface area (Å²) in [6.07, 6.45) is 4.13. The molecule has 0 unspecified atom stereocenters. The zero-order chi connectivity index (χ0) is 20.1. The van der Waals surface area contributed by atoms with Crippen molar-refractivity contribution in [3.8, 4) is 0 Å². The molecule has 8 nitrogen and oxygen atoms in total. The van der Waals surface area contributed by atoms with E-state index in [0.717, 1.165) is 30.9 Å². The molecular formula is C20H20N2O6. The zero-order valence-electron chi connectivity index (χ0n) is 15.3. The molecule has 146 valence electrons. The number of esters is 1. The SMILES string of the molecule is C[C@H](OC(=O)/C=C/c1ccc([N+](=O)[O-])o1)C(=O)N[C@H]1CCCc2ccccc21. The molecule has 1 N–H and O–H groups in total. The maximum absolute atomic E-state index is 12.4. The molecule has 2 atom stereocenters. The summed E-state index contributed by atoms with van der Waals surface area (Å²) in [6.45, 7) is 1.49. The first-order valence-electron chi connectivity index (χ1n) is 8.95. The fraction of sp³-hybridized carbons (Fsp3) is 0.300. The summed E-state index contributed by atoms with van der Waals surface area (Å²) in [4.78, 5) is 34.2. The van der Waals surface area contributed by atoms with Gasteiger partial charge >= 0.3 is 11.9 Å². The van der Waals surface area contributed by atoms with Gasteiger partial charge in [0.25, 0.3) is 5.91 Å². The number of rotatable bonds is 6. The number of hydrogen-bond acceptors (Lipinski definition) is 6. The molecule has 28 heavy (non-hydrogen) atoms. The molecule has 1 heterocycles. The van der Waals surface area contributed by atoms with E-state index in [2.05, 4.69) is 11.4 Å². The number of nitrogens with zero attached hydrogens (tertiary/aromatic N) is 1. The minimum Gasteiger partial charge on any atom is -0.449 e. The van der Waals surface area contributed by atoms with Gasteiger partial charge in [-0.1, -0.05) is 24.3 Å². The van der Waals surface area contributed by atoms with E-state index in [1.54, 1.807) is 0 Å². The highest BCUT2D eigenvalue weighted by Gasteiger charge is 2.25. The Balaban J connectivity index is 1.54. The lowest BCUT2D eigenvalue weighted by Gasteiger charge is -2.27. The van der Waals surface area contributed by atoms with Crippen molar-refractivity contribution in [3.63, 3.8) is 0 Å². The number of furan rings is 1. The maximum Gasteiger partial charge on any atom is 0.433 e. The highest BCUT2D eigenvalue weighted by Crippen LogP contribution is 2.29. The van der Waals surface area contributed by atoms with Gasteiger partial charge in [0.05, 0.1) is 12.1 Å². The number of nitro groups is 1. The molecule has 0 aliphatic heterocycles. The lowest BCUT2D eigenvalue weighted by Crippen LogP contribution is -2.39. The molecule has 1 amide bonds. The van der Waals surface area contributed by atoms with Crippen LogP contribution in [0.2, 0.25) is 0 Å². The fourth-order valence-electron chi connectivity index (χ4n) is 3.14. The third-order valence-electron chi connectivity index (χ3n) is 4.52. The normalized spacial score (nSPS) is 17.0. The number of ether oxygens (including phenoxy) is 1. The van der Waals surface area contributed by atoms with Crippen molar-refractivity contribution in [1.82, 2.24) is 5.32 Å². The highest BCUT2D eigenvalue weighted by atomic mass is 16.6. The van der Waals surface area contributed by atoms with Gasteiger partial charge in [-0.2, -0.15) is 0 Å². The van der Waals surface area contributed by atoms with Crippen LogP contribution in [0.4, 0.5) is 5.88 Å². The van der Waals surface area contributed by atoms with Gasteiger partial charge in [0.2, 0.25) is 0 Å². The third-order valence-corrected chi connectivity index (χ3v) is 4.52. The predicted octanol–water partition coefficient (Wildman–Crippen LogP) is 3.33. The highest BCUT2D eigenvalue weighted by molar-refractivity contribution is 5.90. The summed E-state index contributed by atoms with van der Waals surface area (Å²) >= 11 is 0. The van der Waals surface area contributed by atoms with Crippen LogP contribution < -0.4 is 5.32 Å². The number of nitrogens with one attached hydrogen (secondary N) is 1. The van der Waals surface area contributed by atoms with Crippen molar-refractivity contribution >= 4 is 23.8 Å². The Morgan fingerprint density at radius 1 is 1.32 bits per heavy atom. The van der Waals surface area contributed by atoms with Crippen LogP contribution in [0.1, 0.15) is 42.7 Å². The average Bonchev–Trinajstić information content (AvgIpc) is 3.16. The number of amides is 1. The molecular weight excluding hydrogens is 364 g/mol. The molecule has 1 aliphatic carbocycles. The summed E-state index contributed by atoms with van der Waals surface area (Å²) in [7, 11) is 0. The van der Waals surface area contributed by atoms with Gasteiger partial charge in [0.1, 0.15) is 10.7 Å². The Morgan fingerprint density at radius 3 is 2.86 bits per heavy atom. The Hall–Kier alpha value is -3.42. The number of carbonyl (C=O) groups excluding carboxylic acids is 2. The number of benzene rings is 1. The van der Waals surface area contributed by atoms with Crippen molar-refractivity contribution in [2.75, 3.05) is 0 Å². The first-order chi connectivity index (χ1) is 13.4. The topological polar surface area (TPSA) is 112 Å². The second kappa shape index (κ2) is 8.51. The Bertz CT molecular complexity index is 917. The van der Waals surface area contributed by atoms with Gasteiger partial charge < -0.3 is 14.5 Å². The lowest BCUT2D eigenvalue weighted by molar-refractivity contribution is -0.402. The van der Waals surface area contributed by atoms with Crippen molar-refractivity contribution in [3.05, 3.63) is 69.5 Å². The van der Waals surface area contributed by atoms with Crippen LogP contribution >= 0.6 is 0 Å². The van der Waals surface area contributed by atoms with E-state index in [9.17, 15) is 19.7 Å². The van der Waals surface area contributed by atoms with Crippen LogP contribution in [0.15, 0.2) is 46.9 Å². The predicted molar refractivity (Wildman–Crippen MR) is 100 cm³/mol. The molecule has 0 fully saturated rings. The van der Waals surface area contributed by atoms with Crippen LogP contribution in [0, 0.1) is 10.1 Å². The van der Waals surface area contributed by atoms with E-state index >= 15 is 0 Å². The fourth-order valence-corrected chi connectivity index (χ4v) is 3.14. The van der Waals surface area contributed by atoms with E-state index in [1.807, 2.05) is 18.2 Å². The summed E-state index contributed by atoms with van der Waals surface area (Å²) in [5, 5.41) is 13.5. The maximum atomic E-state index is 12.4. The molecule has 0 saturated carbocycles. The minimum absolute atomic E-state index is 0.0992. The van der Waals surface area contributed by atoms with Crippen LogP contribution in [0.3, 0.4) is 0 Å². The van der Waals surface area contributed by atoms with Crippen LogP contribution in [0.25, 0.3) is 6.08 Å². The van der Waals surface area contributed by atoms with Gasteiger partial charge in [-0.15, -0.1) is 0 Å². The quantitative estimate of drug-likeness (QED) is 0.354. The van der Waals surface area contributed by atoms with Gasteiger partial charge in [-0.25, -0.2) is 4.79 Å². The van der Waals surface area contributed by atoms with Gasteiger partial charge in [-0.05, 0) is 49.5 Å².